The first-order chi connectivity index (χ1) is 69.2. The lowest BCUT2D eigenvalue weighted by molar-refractivity contribution is 0.660. The summed E-state index contributed by atoms with van der Waals surface area (Å²) in [5.41, 5.74) is 29.9. The van der Waals surface area contributed by atoms with E-state index in [-0.39, 0.29) is 5.41 Å². The van der Waals surface area contributed by atoms with Gasteiger partial charge in [-0.1, -0.05) is 445 Å². The van der Waals surface area contributed by atoms with Crippen molar-refractivity contribution in [3.8, 4) is 66.8 Å². The molecular formula is C136H109N5. The molecule has 1 aliphatic carbocycles. The summed E-state index contributed by atoms with van der Waals surface area (Å²) in [5.74, 6) is 0. The predicted molar refractivity (Wildman–Crippen MR) is 610 cm³/mol. The molecule has 0 aromatic heterocycles. The summed E-state index contributed by atoms with van der Waals surface area (Å²) >= 11 is 0. The fraction of sp³-hybridized carbons (Fsp3) is 0.0588. The Hall–Kier alpha value is -17.6. The van der Waals surface area contributed by atoms with Gasteiger partial charge in [-0.05, 0) is 251 Å². The van der Waals surface area contributed by atoms with Crippen molar-refractivity contribution in [2.75, 3.05) is 59.7 Å². The molecule has 0 unspecified atom stereocenters. The van der Waals surface area contributed by atoms with E-state index in [0.29, 0.717) is 0 Å². The van der Waals surface area contributed by atoms with Gasteiger partial charge in [-0.2, -0.15) is 0 Å². The van der Waals surface area contributed by atoms with Crippen LogP contribution < -0.4 is 24.5 Å². The molecule has 0 heterocycles. The first-order valence-corrected chi connectivity index (χ1v) is 48.6. The van der Waals surface area contributed by atoms with Gasteiger partial charge in [0.2, 0.25) is 0 Å². The van der Waals surface area contributed by atoms with E-state index in [9.17, 15) is 0 Å². The number of nitrogens with zero attached hydrogens (tertiary/aromatic N) is 5. The lowest BCUT2D eigenvalue weighted by Gasteiger charge is -2.25. The third kappa shape index (κ3) is 19.0. The molecule has 25 rings (SSSR count). The van der Waals surface area contributed by atoms with E-state index < -0.39 is 0 Å². The first kappa shape index (κ1) is 89.9. The normalized spacial score (nSPS) is 11.6. The second kappa shape index (κ2) is 40.3. The van der Waals surface area contributed by atoms with E-state index in [1.165, 1.54) is 221 Å². The van der Waals surface area contributed by atoms with Gasteiger partial charge in [0.15, 0.2) is 0 Å². The number of hydrogen-bond donors (Lipinski definition) is 0. The Bertz CT molecular complexity index is 8420. The average Bonchev–Trinajstić information content (AvgIpc) is 0.974. The third-order valence-corrected chi connectivity index (χ3v) is 28.2. The molecule has 0 atom stereocenters. The monoisotopic (exact) mass is 1810 g/mol. The van der Waals surface area contributed by atoms with Crippen LogP contribution in [0.15, 0.2) is 534 Å². The molecular weight excluding hydrogens is 1700 g/mol. The van der Waals surface area contributed by atoms with Crippen LogP contribution in [0.4, 0.5) is 56.9 Å². The highest BCUT2D eigenvalue weighted by Crippen LogP contribution is 2.51. The van der Waals surface area contributed by atoms with Crippen LogP contribution in [0, 0.1) is 0 Å². The molecule has 1 aliphatic rings. The summed E-state index contributed by atoms with van der Waals surface area (Å²) < 4.78 is 0. The molecule has 5 heteroatoms. The summed E-state index contributed by atoms with van der Waals surface area (Å²) in [4.78, 5) is 11.3. The Morgan fingerprint density at radius 1 is 0.135 bits per heavy atom. The molecule has 0 saturated carbocycles. The summed E-state index contributed by atoms with van der Waals surface area (Å²) in [6.07, 6.45) is 0. The van der Waals surface area contributed by atoms with Crippen molar-refractivity contribution in [2.24, 2.45) is 0 Å². The Kier molecular flexibility index (Phi) is 25.7. The molecule has 0 amide bonds. The smallest absolute Gasteiger partial charge is 0.0487 e. The minimum Gasteiger partial charge on any atom is -0.345 e. The number of hydrogen-bond acceptors (Lipinski definition) is 5. The van der Waals surface area contributed by atoms with Gasteiger partial charge in [-0.15, -0.1) is 0 Å². The number of rotatable bonds is 15. The van der Waals surface area contributed by atoms with Gasteiger partial charge in [-0.25, -0.2) is 0 Å². The minimum atomic E-state index is 0.00271. The Morgan fingerprint density at radius 3 is 0.901 bits per heavy atom. The van der Waals surface area contributed by atoms with Crippen LogP contribution in [0.5, 0.6) is 0 Å². The van der Waals surface area contributed by atoms with Crippen molar-refractivity contribution >= 4 is 143 Å². The highest BCUT2D eigenvalue weighted by Gasteiger charge is 2.36. The maximum atomic E-state index is 2.37. The van der Waals surface area contributed by atoms with Crippen LogP contribution >= 0.6 is 0 Å². The number of fused-ring (bicyclic) bond motifs is 13. The van der Waals surface area contributed by atoms with Crippen molar-refractivity contribution in [3.05, 3.63) is 545 Å². The summed E-state index contributed by atoms with van der Waals surface area (Å²) in [7, 11) is 10.7. The Balaban J connectivity index is 0.000000107. The van der Waals surface area contributed by atoms with Crippen LogP contribution in [-0.4, -0.2) is 35.2 Å². The SMILES string of the molecule is CN(c1ccc(-c2ccc(-c3ccc(-c4ccccc4)cc3)cc2)cc1)c1ccc2c(c1)C(C)(C)c1ccccc1-2.CN(c1ccc2c(ccc3ccccc32)c1)c1ccccc1-c1ccccc1.CN(c1ccc2ccccc2c1)c1ccc2ccccc2c1.CN(c1cccc(-c2ccccc2)c1)c1ccc2c(ccc3ccccc32)c1.CN(c1cccc2ccccc12)c1cccc2ccccc12. The van der Waals surface area contributed by atoms with Gasteiger partial charge in [0.25, 0.3) is 0 Å². The van der Waals surface area contributed by atoms with E-state index in [1.807, 2.05) is 0 Å². The van der Waals surface area contributed by atoms with E-state index >= 15 is 0 Å². The maximum absolute atomic E-state index is 2.37. The van der Waals surface area contributed by atoms with Gasteiger partial charge in [0, 0.05) is 114 Å². The number of benzene rings is 24. The topological polar surface area (TPSA) is 16.2 Å². The highest BCUT2D eigenvalue weighted by molar-refractivity contribution is 6.10. The van der Waals surface area contributed by atoms with Gasteiger partial charge < -0.3 is 24.5 Å². The molecule has 0 fully saturated rings. The van der Waals surface area contributed by atoms with Crippen LogP contribution in [-0.2, 0) is 5.41 Å². The molecule has 5 nitrogen and oxygen atoms in total. The van der Waals surface area contributed by atoms with Crippen molar-refractivity contribution in [1.29, 1.82) is 0 Å². The summed E-state index contributed by atoms with van der Waals surface area (Å²) in [6, 6.07) is 191. The zero-order valence-corrected chi connectivity index (χ0v) is 80.5. The largest absolute Gasteiger partial charge is 0.345 e. The second-order valence-corrected chi connectivity index (χ2v) is 37.0. The zero-order valence-electron chi connectivity index (χ0n) is 80.5. The lowest BCUT2D eigenvalue weighted by atomic mass is 9.82. The van der Waals surface area contributed by atoms with Gasteiger partial charge >= 0.3 is 0 Å². The molecule has 0 spiro atoms. The average molecular weight is 1810 g/mol. The maximum Gasteiger partial charge on any atom is 0.0487 e. The van der Waals surface area contributed by atoms with Crippen molar-refractivity contribution < 1.29 is 0 Å². The zero-order chi connectivity index (χ0) is 95.7. The molecule has 0 aliphatic heterocycles. The molecule has 141 heavy (non-hydrogen) atoms. The lowest BCUT2D eigenvalue weighted by Crippen LogP contribution is -2.16. The Labute approximate surface area is 827 Å². The molecule has 24 aromatic rings. The molecule has 678 valence electrons. The highest BCUT2D eigenvalue weighted by atomic mass is 15.1. The van der Waals surface area contributed by atoms with Gasteiger partial charge in [-0.3, -0.25) is 0 Å². The molecule has 24 aromatic carbocycles. The van der Waals surface area contributed by atoms with E-state index in [2.05, 4.69) is 607 Å². The quantitative estimate of drug-likeness (QED) is 0.0948. The van der Waals surface area contributed by atoms with Crippen LogP contribution in [0.2, 0.25) is 0 Å². The van der Waals surface area contributed by atoms with E-state index in [1.54, 1.807) is 0 Å². The van der Waals surface area contributed by atoms with Crippen LogP contribution in [0.1, 0.15) is 25.0 Å². The van der Waals surface area contributed by atoms with E-state index in [4.69, 9.17) is 0 Å². The van der Waals surface area contributed by atoms with Crippen LogP contribution in [0.3, 0.4) is 0 Å². The number of para-hydroxylation sites is 1. The van der Waals surface area contributed by atoms with Gasteiger partial charge in [0.05, 0.1) is 0 Å². The van der Waals surface area contributed by atoms with Crippen molar-refractivity contribution in [1.82, 2.24) is 0 Å². The van der Waals surface area contributed by atoms with Gasteiger partial charge in [0.1, 0.15) is 0 Å². The van der Waals surface area contributed by atoms with Crippen LogP contribution in [0.25, 0.3) is 153 Å². The summed E-state index contributed by atoms with van der Waals surface area (Å²) in [5, 5.41) is 20.5. The molecule has 0 N–H and O–H groups in total. The van der Waals surface area contributed by atoms with E-state index in [0.717, 1.165) is 0 Å². The predicted octanol–water partition coefficient (Wildman–Crippen LogP) is 37.1. The second-order valence-electron chi connectivity index (χ2n) is 37.0. The number of anilines is 10. The Morgan fingerprint density at radius 2 is 0.411 bits per heavy atom. The standard InChI is InChI=1S/C40H33N.2C27H21N.2C21H17N/c1-40(2)38-12-8-7-11-36(38)37-26-25-35(27-39(37)40)41(3)34-23-21-33(22-24-34)32-19-17-31(18-20-32)30-15-13-29(14-16-30)28-9-5-4-6-10-28;1-28(27-14-8-7-13-26(27)20-9-3-2-4-10-20)23-17-18-25-22(19-23)16-15-21-11-5-6-12-24(21)25;1-28(24-12-7-11-22(18-24)20-8-3-2-4-9-20)25-16-17-27-23(19-25)15-14-21-10-5-6-13-26(21)27;1-22(20-14-6-10-16-8-2-4-12-18(16)20)21-15-7-11-17-9-3-5-13-19(17)21;1-22(20-12-10-16-6-2-4-8-18(16)14-20)21-13-11-17-7-3-5-9-19(17)15-21/h4-27H,1-3H3;2*2-19H,1H3;2*2-15H,1H3. The molecule has 0 bridgehead atoms. The van der Waals surface area contributed by atoms with Crippen molar-refractivity contribution in [3.63, 3.8) is 0 Å². The van der Waals surface area contributed by atoms with Crippen molar-refractivity contribution in [2.45, 2.75) is 19.3 Å². The third-order valence-electron chi connectivity index (χ3n) is 28.2. The molecule has 0 saturated heterocycles. The summed E-state index contributed by atoms with van der Waals surface area (Å²) in [6.45, 7) is 4.67. The first-order valence-electron chi connectivity index (χ1n) is 48.6. The fourth-order valence-corrected chi connectivity index (χ4v) is 20.2. The fourth-order valence-electron chi connectivity index (χ4n) is 20.2. The molecule has 0 radical (unpaired) electrons. The minimum absolute atomic E-state index is 0.00271.